The van der Waals surface area contributed by atoms with Gasteiger partial charge in [0.05, 0.1) is 0 Å². The molecule has 0 aromatic heterocycles. The van der Waals surface area contributed by atoms with Crippen molar-refractivity contribution < 1.29 is 5.21 Å². The molecular formula is C7H9AsClNO. The molecule has 4 heteroatoms. The van der Waals surface area contributed by atoms with Crippen molar-refractivity contribution in [1.82, 2.24) is 0 Å². The Balaban J connectivity index is 2.99. The van der Waals surface area contributed by atoms with Crippen LogP contribution < -0.4 is 4.35 Å². The van der Waals surface area contributed by atoms with Crippen LogP contribution in [0.25, 0.3) is 0 Å². The fourth-order valence-electron chi connectivity index (χ4n) is 0.749. The van der Waals surface area contributed by atoms with Crippen molar-refractivity contribution in [3.05, 3.63) is 29.3 Å². The monoisotopic (exact) mass is 233 g/mol. The molecule has 2 nitrogen and oxygen atoms in total. The summed E-state index contributed by atoms with van der Waals surface area (Å²) in [6, 6.07) is 7.46. The molecule has 1 aromatic rings. The summed E-state index contributed by atoms with van der Waals surface area (Å²) in [5.41, 5.74) is 1.98. The molecule has 0 fully saturated rings. The molecule has 1 N–H and O–H groups in total. The first kappa shape index (κ1) is 8.92. The van der Waals surface area contributed by atoms with Gasteiger partial charge in [0, 0.05) is 0 Å². The van der Waals surface area contributed by atoms with Crippen LogP contribution in [0.4, 0.5) is 0 Å². The van der Waals surface area contributed by atoms with Crippen LogP contribution in [0.5, 0.6) is 0 Å². The van der Waals surface area contributed by atoms with Crippen LogP contribution in [0, 0.1) is 0 Å². The van der Waals surface area contributed by atoms with E-state index >= 15 is 0 Å². The SMILES string of the molecule is C[AsH](=NO)c1ccc(Cl)cc1. The first-order chi connectivity index (χ1) is 5.24. The van der Waals surface area contributed by atoms with Crippen LogP contribution in [0.2, 0.25) is 10.7 Å². The van der Waals surface area contributed by atoms with Crippen molar-refractivity contribution in [3.63, 3.8) is 0 Å². The normalized spacial score (nSPS) is 13.4. The van der Waals surface area contributed by atoms with Crippen molar-refractivity contribution in [3.8, 4) is 0 Å². The van der Waals surface area contributed by atoms with Crippen molar-refractivity contribution in [2.24, 2.45) is 4.02 Å². The van der Waals surface area contributed by atoms with E-state index in [4.69, 9.17) is 16.8 Å². The molecule has 11 heavy (non-hydrogen) atoms. The molecule has 0 heterocycles. The van der Waals surface area contributed by atoms with E-state index in [9.17, 15) is 0 Å². The van der Waals surface area contributed by atoms with Crippen molar-refractivity contribution >= 4 is 30.4 Å². The second-order valence-corrected chi connectivity index (χ2v) is 6.72. The molecule has 0 amide bonds. The molecular weight excluding hydrogens is 224 g/mol. The quantitative estimate of drug-likeness (QED) is 0.579. The number of rotatable bonds is 1. The van der Waals surface area contributed by atoms with Crippen LogP contribution in [0.15, 0.2) is 28.3 Å². The molecule has 1 atom stereocenters. The van der Waals surface area contributed by atoms with E-state index in [1.54, 1.807) is 0 Å². The van der Waals surface area contributed by atoms with E-state index in [2.05, 4.69) is 4.02 Å². The second kappa shape index (κ2) is 4.01. The number of halogens is 1. The van der Waals surface area contributed by atoms with Gasteiger partial charge < -0.3 is 0 Å². The van der Waals surface area contributed by atoms with Gasteiger partial charge in [-0.3, -0.25) is 0 Å². The van der Waals surface area contributed by atoms with Gasteiger partial charge in [-0.1, -0.05) is 0 Å². The molecule has 0 saturated carbocycles. The molecule has 0 spiro atoms. The Morgan fingerprint density at radius 1 is 1.36 bits per heavy atom. The fraction of sp³-hybridized carbons (Fsp3) is 0.143. The maximum atomic E-state index is 8.52. The number of hydrogen-bond acceptors (Lipinski definition) is 2. The van der Waals surface area contributed by atoms with E-state index in [-0.39, 0.29) is 0 Å². The van der Waals surface area contributed by atoms with Crippen LogP contribution >= 0.6 is 11.6 Å². The Labute approximate surface area is 74.8 Å². The summed E-state index contributed by atoms with van der Waals surface area (Å²) in [5.74, 6) is 0. The number of benzene rings is 1. The van der Waals surface area contributed by atoms with Gasteiger partial charge in [-0.25, -0.2) is 0 Å². The summed E-state index contributed by atoms with van der Waals surface area (Å²) in [4.78, 5) is 0. The zero-order valence-corrected chi connectivity index (χ0v) is 8.94. The number of nitrogens with zero attached hydrogens (tertiary/aromatic N) is 1. The molecule has 60 valence electrons. The third-order valence-electron chi connectivity index (χ3n) is 1.41. The molecule has 1 rings (SSSR count). The predicted molar refractivity (Wildman–Crippen MR) is 48.3 cm³/mol. The molecule has 0 aliphatic carbocycles. The van der Waals surface area contributed by atoms with Crippen LogP contribution in [-0.2, 0) is 0 Å². The third kappa shape index (κ3) is 2.40. The molecule has 1 aromatic carbocycles. The van der Waals surface area contributed by atoms with Crippen LogP contribution in [0.3, 0.4) is 0 Å². The molecule has 1 unspecified atom stereocenters. The summed E-state index contributed by atoms with van der Waals surface area (Å²) >= 11 is 3.99. The Morgan fingerprint density at radius 2 is 1.91 bits per heavy atom. The van der Waals surface area contributed by atoms with Crippen LogP contribution in [-0.4, -0.2) is 19.7 Å². The predicted octanol–water partition coefficient (Wildman–Crippen LogP) is 1.56. The standard InChI is InChI=1S/C7H9AsClNO/c1-8(10-11)6-2-4-7(9)5-3-6/h2-5,8,11H,1H3. The number of hydrogen-bond donors (Lipinski definition) is 1. The summed E-state index contributed by atoms with van der Waals surface area (Å²) < 4.78 is 4.43. The average molecular weight is 234 g/mol. The summed E-state index contributed by atoms with van der Waals surface area (Å²) in [5, 5.41) is 9.24. The Hall–Kier alpha value is -0.172. The van der Waals surface area contributed by atoms with E-state index in [1.807, 2.05) is 30.0 Å². The van der Waals surface area contributed by atoms with E-state index in [0.717, 1.165) is 9.37 Å². The van der Waals surface area contributed by atoms with Gasteiger partial charge in [0.25, 0.3) is 0 Å². The van der Waals surface area contributed by atoms with Gasteiger partial charge in [0.1, 0.15) is 0 Å². The van der Waals surface area contributed by atoms with Gasteiger partial charge in [0.2, 0.25) is 0 Å². The minimum absolute atomic E-state index is 0.720. The van der Waals surface area contributed by atoms with Crippen molar-refractivity contribution in [2.45, 2.75) is 5.71 Å². The van der Waals surface area contributed by atoms with E-state index < -0.39 is 14.5 Å². The summed E-state index contributed by atoms with van der Waals surface area (Å²) in [6.07, 6.45) is 0. The molecule has 0 saturated heterocycles. The van der Waals surface area contributed by atoms with Gasteiger partial charge in [-0.15, -0.1) is 0 Å². The maximum absolute atomic E-state index is 8.52. The summed E-state index contributed by atoms with van der Waals surface area (Å²) in [7, 11) is 0. The average Bonchev–Trinajstić information content (AvgIpc) is 2.05. The van der Waals surface area contributed by atoms with Crippen molar-refractivity contribution in [1.29, 1.82) is 0 Å². The summed E-state index contributed by atoms with van der Waals surface area (Å²) in [6.45, 7) is 0. The first-order valence-corrected chi connectivity index (χ1v) is 7.65. The van der Waals surface area contributed by atoms with Gasteiger partial charge >= 0.3 is 74.6 Å². The van der Waals surface area contributed by atoms with Gasteiger partial charge in [-0.2, -0.15) is 0 Å². The van der Waals surface area contributed by atoms with E-state index in [0.29, 0.717) is 0 Å². The zero-order valence-electron chi connectivity index (χ0n) is 6.08. The molecule has 0 aliphatic rings. The third-order valence-corrected chi connectivity index (χ3v) is 4.75. The minimum atomic E-state index is -1.69. The van der Waals surface area contributed by atoms with Gasteiger partial charge in [-0.05, 0) is 0 Å². The second-order valence-electron chi connectivity index (χ2n) is 2.19. The Morgan fingerprint density at radius 3 is 2.36 bits per heavy atom. The zero-order chi connectivity index (χ0) is 8.27. The molecule has 0 aliphatic heterocycles. The van der Waals surface area contributed by atoms with Crippen LogP contribution in [0.1, 0.15) is 0 Å². The topological polar surface area (TPSA) is 32.6 Å². The molecule has 0 radical (unpaired) electrons. The van der Waals surface area contributed by atoms with Gasteiger partial charge in [0.15, 0.2) is 0 Å². The van der Waals surface area contributed by atoms with Crippen molar-refractivity contribution in [2.75, 3.05) is 0 Å². The Kier molecular flexibility index (Phi) is 3.25. The molecule has 0 bridgehead atoms. The fourth-order valence-corrected chi connectivity index (χ4v) is 2.48. The first-order valence-electron chi connectivity index (χ1n) is 3.18. The Bertz CT molecular complexity index is 270. The van der Waals surface area contributed by atoms with E-state index in [1.165, 1.54) is 0 Å².